The predicted octanol–water partition coefficient (Wildman–Crippen LogP) is 8.99. The first kappa shape index (κ1) is 42.8. The van der Waals surface area contributed by atoms with Gasteiger partial charge in [0.05, 0.1) is 17.9 Å². The van der Waals surface area contributed by atoms with Crippen molar-refractivity contribution in [1.29, 1.82) is 0 Å². The van der Waals surface area contributed by atoms with Crippen LogP contribution < -0.4 is 5.32 Å². The maximum Gasteiger partial charge on any atom is 0.267 e. The molecule has 0 saturated carbocycles. The van der Waals surface area contributed by atoms with E-state index >= 15 is 0 Å². The number of hydrogen-bond donors (Lipinski definition) is 4. The molecule has 0 spiro atoms. The highest BCUT2D eigenvalue weighted by molar-refractivity contribution is 7.85. The van der Waals surface area contributed by atoms with Gasteiger partial charge in [0.25, 0.3) is 10.1 Å². The predicted molar refractivity (Wildman–Crippen MR) is 185 cm³/mol. The Bertz CT molecular complexity index is 813. The summed E-state index contributed by atoms with van der Waals surface area (Å²) in [5, 5.41) is 23.2. The monoisotopic (exact) mass is 643 g/mol. The third-order valence-electron chi connectivity index (χ3n) is 8.24. The first-order valence-corrected chi connectivity index (χ1v) is 19.8. The van der Waals surface area contributed by atoms with Crippen molar-refractivity contribution in [3.63, 3.8) is 0 Å². The van der Waals surface area contributed by atoms with Crippen LogP contribution in [0, 0.1) is 0 Å². The van der Waals surface area contributed by atoms with Crippen LogP contribution >= 0.6 is 0 Å². The number of rotatable bonds is 32. The molecule has 0 radical (unpaired) electrons. The molecule has 0 aliphatic heterocycles. The molecule has 3 unspecified atom stereocenters. The van der Waals surface area contributed by atoms with Gasteiger partial charge in [-0.3, -0.25) is 9.35 Å². The van der Waals surface area contributed by atoms with Crippen molar-refractivity contribution in [3.8, 4) is 0 Å². The zero-order valence-electron chi connectivity index (χ0n) is 28.4. The Morgan fingerprint density at radius 2 is 1.02 bits per heavy atom. The second-order valence-electron chi connectivity index (χ2n) is 12.6. The lowest BCUT2D eigenvalue weighted by Crippen LogP contribution is -2.50. The molecule has 260 valence electrons. The molecule has 0 aliphatic rings. The molecule has 3 atom stereocenters. The summed E-state index contributed by atoms with van der Waals surface area (Å²) >= 11 is 0. The van der Waals surface area contributed by atoms with E-state index in [1.807, 2.05) is 0 Å². The van der Waals surface area contributed by atoms with E-state index in [4.69, 9.17) is 0 Å². The van der Waals surface area contributed by atoms with Gasteiger partial charge in [0.2, 0.25) is 5.91 Å². The Morgan fingerprint density at radius 3 is 1.50 bits per heavy atom. The fourth-order valence-corrected chi connectivity index (χ4v) is 6.15. The van der Waals surface area contributed by atoms with E-state index in [0.717, 1.165) is 32.1 Å². The molecule has 0 saturated heterocycles. The Balaban J connectivity index is 4.18. The van der Waals surface area contributed by atoms with Crippen LogP contribution in [0.5, 0.6) is 0 Å². The SMILES string of the molecule is CCCCCCCCCC/C=C/CC/C=C/C(O)C(CS(=O)(=O)O)NC(=O)C(O)CCCCCCCCCCCCCCC. The van der Waals surface area contributed by atoms with Gasteiger partial charge >= 0.3 is 0 Å². The van der Waals surface area contributed by atoms with E-state index in [9.17, 15) is 28.0 Å². The van der Waals surface area contributed by atoms with Crippen LogP contribution in [-0.2, 0) is 14.9 Å². The lowest BCUT2D eigenvalue weighted by atomic mass is 10.0. The molecule has 0 bridgehead atoms. The topological polar surface area (TPSA) is 124 Å². The second-order valence-corrected chi connectivity index (χ2v) is 14.1. The minimum Gasteiger partial charge on any atom is -0.387 e. The van der Waals surface area contributed by atoms with Gasteiger partial charge in [-0.1, -0.05) is 167 Å². The number of unbranched alkanes of at least 4 members (excludes halogenated alkanes) is 21. The number of hydrogen-bond acceptors (Lipinski definition) is 5. The standard InChI is InChI=1S/C36H69NO6S/c1-3-5-7-9-11-13-15-17-19-20-22-24-26-28-30-34(38)33(32-44(41,42)43)37-36(40)35(39)31-29-27-25-23-21-18-16-14-12-10-8-6-4-2/h20,22,28,30,33-35,38-39H,3-19,21,23-27,29,31-32H2,1-2H3,(H,37,40)(H,41,42,43)/b22-20+,30-28+. The minimum absolute atomic E-state index is 0.277. The van der Waals surface area contributed by atoms with Crippen LogP contribution in [0.25, 0.3) is 0 Å². The van der Waals surface area contributed by atoms with E-state index < -0.39 is 40.0 Å². The molecule has 0 aromatic heterocycles. The van der Waals surface area contributed by atoms with Gasteiger partial charge in [0, 0.05) is 0 Å². The van der Waals surface area contributed by atoms with Crippen LogP contribution in [-0.4, -0.2) is 53.1 Å². The normalized spacial score (nSPS) is 14.4. The van der Waals surface area contributed by atoms with Gasteiger partial charge in [-0.2, -0.15) is 8.42 Å². The first-order valence-electron chi connectivity index (χ1n) is 18.1. The molecule has 0 rings (SSSR count). The first-order chi connectivity index (χ1) is 21.2. The van der Waals surface area contributed by atoms with Gasteiger partial charge < -0.3 is 15.5 Å². The highest BCUT2D eigenvalue weighted by Crippen LogP contribution is 2.14. The Kier molecular flexibility index (Phi) is 29.6. The van der Waals surface area contributed by atoms with Crippen LogP contribution in [0.2, 0.25) is 0 Å². The minimum atomic E-state index is -4.44. The van der Waals surface area contributed by atoms with Crippen LogP contribution in [0.1, 0.15) is 174 Å². The summed E-state index contributed by atoms with van der Waals surface area (Å²) in [5.74, 6) is -1.55. The molecule has 0 aliphatic carbocycles. The number of aliphatic hydroxyl groups excluding tert-OH is 2. The molecule has 0 aromatic carbocycles. The summed E-state index contributed by atoms with van der Waals surface area (Å²) in [6.45, 7) is 4.47. The van der Waals surface area contributed by atoms with Crippen molar-refractivity contribution in [3.05, 3.63) is 24.3 Å². The van der Waals surface area contributed by atoms with Gasteiger partial charge in [-0.25, -0.2) is 0 Å². The smallest absolute Gasteiger partial charge is 0.267 e. The second kappa shape index (κ2) is 30.4. The summed E-state index contributed by atoms with van der Waals surface area (Å²) in [5.41, 5.74) is 0. The third-order valence-corrected chi connectivity index (χ3v) is 9.02. The van der Waals surface area contributed by atoms with Gasteiger partial charge in [0.1, 0.15) is 6.10 Å². The number of carbonyl (C=O) groups excluding carboxylic acids is 1. The number of carbonyl (C=O) groups is 1. The maximum atomic E-state index is 12.5. The molecule has 0 aromatic rings. The number of allylic oxidation sites excluding steroid dienone is 3. The van der Waals surface area contributed by atoms with Crippen molar-refractivity contribution in [2.24, 2.45) is 0 Å². The molecule has 4 N–H and O–H groups in total. The van der Waals surface area contributed by atoms with Crippen molar-refractivity contribution in [1.82, 2.24) is 5.32 Å². The molecule has 1 amide bonds. The number of aliphatic hydroxyl groups is 2. The van der Waals surface area contributed by atoms with Crippen LogP contribution in [0.4, 0.5) is 0 Å². The average molecular weight is 644 g/mol. The quantitative estimate of drug-likeness (QED) is 0.0329. The van der Waals surface area contributed by atoms with E-state index in [-0.39, 0.29) is 6.42 Å². The van der Waals surface area contributed by atoms with E-state index in [2.05, 4.69) is 31.3 Å². The molecule has 0 fully saturated rings. The lowest BCUT2D eigenvalue weighted by molar-refractivity contribution is -0.130. The third kappa shape index (κ3) is 29.5. The van der Waals surface area contributed by atoms with Crippen LogP contribution in [0.15, 0.2) is 24.3 Å². The Labute approximate surface area is 271 Å². The average Bonchev–Trinajstić information content (AvgIpc) is 2.98. The molecule has 0 heterocycles. The van der Waals surface area contributed by atoms with E-state index in [1.54, 1.807) is 6.08 Å². The van der Waals surface area contributed by atoms with Gasteiger partial charge in [0.15, 0.2) is 0 Å². The van der Waals surface area contributed by atoms with Gasteiger partial charge in [-0.15, -0.1) is 0 Å². The summed E-state index contributed by atoms with van der Waals surface area (Å²) < 4.78 is 32.3. The lowest BCUT2D eigenvalue weighted by Gasteiger charge is -2.22. The molecular formula is C36H69NO6S. The van der Waals surface area contributed by atoms with Gasteiger partial charge in [-0.05, 0) is 32.1 Å². The Morgan fingerprint density at radius 1 is 0.614 bits per heavy atom. The molecular weight excluding hydrogens is 574 g/mol. The number of nitrogens with one attached hydrogen (secondary N) is 1. The summed E-state index contributed by atoms with van der Waals surface area (Å²) in [7, 11) is -4.44. The fourth-order valence-electron chi connectivity index (χ4n) is 5.41. The van der Waals surface area contributed by atoms with E-state index in [0.29, 0.717) is 12.8 Å². The molecule has 44 heavy (non-hydrogen) atoms. The largest absolute Gasteiger partial charge is 0.387 e. The summed E-state index contributed by atoms with van der Waals surface area (Å²) in [4.78, 5) is 12.5. The zero-order valence-corrected chi connectivity index (χ0v) is 29.2. The summed E-state index contributed by atoms with van der Waals surface area (Å²) in [6, 6.07) is -1.24. The highest BCUT2D eigenvalue weighted by atomic mass is 32.2. The van der Waals surface area contributed by atoms with Crippen molar-refractivity contribution < 1.29 is 28.0 Å². The van der Waals surface area contributed by atoms with Crippen molar-refractivity contribution >= 4 is 16.0 Å². The molecule has 8 heteroatoms. The molecule has 7 nitrogen and oxygen atoms in total. The van der Waals surface area contributed by atoms with Crippen molar-refractivity contribution in [2.45, 2.75) is 193 Å². The number of amides is 1. The van der Waals surface area contributed by atoms with Crippen molar-refractivity contribution in [2.75, 3.05) is 5.75 Å². The van der Waals surface area contributed by atoms with E-state index in [1.165, 1.54) is 115 Å². The van der Waals surface area contributed by atoms with Crippen LogP contribution in [0.3, 0.4) is 0 Å². The maximum absolute atomic E-state index is 12.5. The zero-order chi connectivity index (χ0) is 32.7. The highest BCUT2D eigenvalue weighted by Gasteiger charge is 2.27. The summed E-state index contributed by atoms with van der Waals surface area (Å²) in [6.07, 6.45) is 33.7. The Hall–Kier alpha value is -1.22. The fraction of sp³-hybridized carbons (Fsp3) is 0.861.